The molecule has 0 atom stereocenters. The molecule has 0 amide bonds. The first kappa shape index (κ1) is 36.5. The molecule has 0 spiro atoms. The molecule has 0 heterocycles. The Morgan fingerprint density at radius 2 is 1.45 bits per heavy atom. The third kappa shape index (κ3) is 6.97. The number of hydrogen-bond donors (Lipinski definition) is 2. The van der Waals surface area contributed by atoms with Crippen molar-refractivity contribution in [2.75, 3.05) is 0 Å². The van der Waals surface area contributed by atoms with Gasteiger partial charge in [-0.25, -0.2) is 0 Å². The lowest BCUT2D eigenvalue weighted by Gasteiger charge is -2.25. The first-order chi connectivity index (χ1) is 24.8. The van der Waals surface area contributed by atoms with Crippen LogP contribution >= 0.6 is 0 Å². The molecule has 0 saturated carbocycles. The lowest BCUT2D eigenvalue weighted by molar-refractivity contribution is 0.441. The summed E-state index contributed by atoms with van der Waals surface area (Å²) in [7, 11) is 0. The zero-order chi connectivity index (χ0) is 36.7. The molecule has 5 aromatic carbocycles. The van der Waals surface area contributed by atoms with Crippen molar-refractivity contribution >= 4 is 39.3 Å². The van der Waals surface area contributed by atoms with Crippen molar-refractivity contribution in [3.8, 4) is 33.8 Å². The minimum atomic E-state index is 0.0844. The molecular weight excluding hydrogens is 621 g/mol. The Labute approximate surface area is 303 Å². The number of rotatable bonds is 8. The van der Waals surface area contributed by atoms with E-state index >= 15 is 0 Å². The number of fused-ring (bicyclic) bond motifs is 2. The first-order valence-electron chi connectivity index (χ1n) is 17.8. The Morgan fingerprint density at radius 1 is 0.706 bits per heavy atom. The van der Waals surface area contributed by atoms with Crippen LogP contribution < -0.4 is 0 Å². The molecule has 51 heavy (non-hydrogen) atoms. The highest BCUT2D eigenvalue weighted by Crippen LogP contribution is 2.52. The predicted octanol–water partition coefficient (Wildman–Crippen LogP) is 13.9. The second-order valence-corrected chi connectivity index (χ2v) is 12.5. The third-order valence-corrected chi connectivity index (χ3v) is 9.49. The van der Waals surface area contributed by atoms with Gasteiger partial charge in [0.25, 0.3) is 0 Å². The molecule has 2 N–H and O–H groups in total. The molecule has 0 saturated heterocycles. The zero-order valence-electron chi connectivity index (χ0n) is 30.9. The molecule has 1 aliphatic carbocycles. The van der Waals surface area contributed by atoms with E-state index in [-0.39, 0.29) is 11.5 Å². The average molecular weight is 669 g/mol. The van der Waals surface area contributed by atoms with Gasteiger partial charge in [-0.1, -0.05) is 137 Å². The highest BCUT2D eigenvalue weighted by atomic mass is 16.3. The fourth-order valence-corrected chi connectivity index (χ4v) is 7.02. The Hall–Kier alpha value is -5.82. The fraction of sp³-hybridized carbons (Fsp3) is 0.163. The molecule has 1 aliphatic rings. The van der Waals surface area contributed by atoms with Gasteiger partial charge in [0.05, 0.1) is 0 Å². The van der Waals surface area contributed by atoms with E-state index in [0.717, 1.165) is 72.8 Å². The summed E-state index contributed by atoms with van der Waals surface area (Å²) in [5, 5.41) is 27.9. The molecule has 0 unspecified atom stereocenters. The molecular formula is C49H48O2. The summed E-state index contributed by atoms with van der Waals surface area (Å²) in [5.41, 5.74) is 14.5. The van der Waals surface area contributed by atoms with Crippen LogP contribution in [0.5, 0.6) is 11.5 Å². The van der Waals surface area contributed by atoms with Crippen LogP contribution in [0, 0.1) is 20.8 Å². The SMILES string of the molecule is C=C/C=C\C=C\c1ccc2c(-c3c(C)c(/C=C\CC)c(-c4c(O)c(C)c(O)c(C)c4C4=C(C)C=CC=C=C4)c4ccccc34)cccc2c1.CC. The summed E-state index contributed by atoms with van der Waals surface area (Å²) in [6.07, 6.45) is 22.9. The minimum absolute atomic E-state index is 0.0844. The number of aromatic hydroxyl groups is 2. The van der Waals surface area contributed by atoms with Crippen molar-refractivity contribution in [2.24, 2.45) is 0 Å². The van der Waals surface area contributed by atoms with Crippen molar-refractivity contribution in [1.29, 1.82) is 0 Å². The maximum absolute atomic E-state index is 12.1. The molecule has 2 nitrogen and oxygen atoms in total. The standard InChI is InChI=1S/C47H42O2.C2H6/c1-7-9-11-14-20-34-27-28-38-35(29-34)21-18-26-39(38)42-31(4)37(22-10-8-2)44(41-25-17-16-24-40(41)42)45-43(32(5)46(48)33(6)47(45)49)36-23-15-12-13-19-30(36)3;1-2/h7,9-14,16-29,48-49H,1,8H2,2-6H3;1-2H3/b11-9-,20-14+,22-10-;. The third-order valence-electron chi connectivity index (χ3n) is 9.49. The first-order valence-corrected chi connectivity index (χ1v) is 17.8. The van der Waals surface area contributed by atoms with Gasteiger partial charge in [-0.05, 0) is 118 Å². The van der Waals surface area contributed by atoms with Crippen LogP contribution in [0.4, 0.5) is 0 Å². The molecule has 0 bridgehead atoms. The maximum Gasteiger partial charge on any atom is 0.130 e. The van der Waals surface area contributed by atoms with Crippen LogP contribution in [0.2, 0.25) is 0 Å². The van der Waals surface area contributed by atoms with E-state index < -0.39 is 0 Å². The molecule has 0 aliphatic heterocycles. The van der Waals surface area contributed by atoms with Crippen LogP contribution in [0.25, 0.3) is 61.5 Å². The molecule has 0 aromatic heterocycles. The average Bonchev–Trinajstić information content (AvgIpc) is 3.37. The number of phenols is 2. The molecule has 2 heteroatoms. The Kier molecular flexibility index (Phi) is 11.6. The summed E-state index contributed by atoms with van der Waals surface area (Å²) in [6.45, 7) is 17.9. The molecule has 6 rings (SSSR count). The van der Waals surface area contributed by atoms with Crippen LogP contribution in [0.1, 0.15) is 67.5 Å². The fourth-order valence-electron chi connectivity index (χ4n) is 7.02. The smallest absolute Gasteiger partial charge is 0.130 e. The van der Waals surface area contributed by atoms with Gasteiger partial charge in [0, 0.05) is 22.3 Å². The van der Waals surface area contributed by atoms with Gasteiger partial charge in [-0.3, -0.25) is 0 Å². The van der Waals surface area contributed by atoms with Crippen molar-refractivity contribution in [2.45, 2.75) is 54.9 Å². The van der Waals surface area contributed by atoms with Gasteiger partial charge < -0.3 is 10.2 Å². The van der Waals surface area contributed by atoms with E-state index in [9.17, 15) is 10.2 Å². The van der Waals surface area contributed by atoms with Gasteiger partial charge >= 0.3 is 0 Å². The Balaban J connectivity index is 0.00000248. The second-order valence-electron chi connectivity index (χ2n) is 12.5. The number of phenolic OH excluding ortho intramolecular Hbond substituents is 2. The maximum atomic E-state index is 12.1. The van der Waals surface area contributed by atoms with Crippen LogP contribution in [-0.4, -0.2) is 10.2 Å². The van der Waals surface area contributed by atoms with Gasteiger partial charge in [-0.15, -0.1) is 5.73 Å². The summed E-state index contributed by atoms with van der Waals surface area (Å²) < 4.78 is 0. The molecule has 256 valence electrons. The molecule has 0 radical (unpaired) electrons. The van der Waals surface area contributed by atoms with Gasteiger partial charge in [-0.2, -0.15) is 0 Å². The molecule has 0 fully saturated rings. The van der Waals surface area contributed by atoms with Crippen molar-refractivity contribution in [1.82, 2.24) is 0 Å². The summed E-state index contributed by atoms with van der Waals surface area (Å²) in [5.74, 6) is 0.188. The van der Waals surface area contributed by atoms with Crippen LogP contribution in [0.15, 0.2) is 133 Å². The lowest BCUT2D eigenvalue weighted by Crippen LogP contribution is -2.02. The van der Waals surface area contributed by atoms with Crippen LogP contribution in [-0.2, 0) is 0 Å². The van der Waals surface area contributed by atoms with E-state index in [2.05, 4.69) is 112 Å². The van der Waals surface area contributed by atoms with Crippen molar-refractivity contribution < 1.29 is 10.2 Å². The molecule has 5 aromatic rings. The summed E-state index contributed by atoms with van der Waals surface area (Å²) in [4.78, 5) is 0. The van der Waals surface area contributed by atoms with E-state index in [4.69, 9.17) is 0 Å². The predicted molar refractivity (Wildman–Crippen MR) is 223 cm³/mol. The number of hydrogen-bond acceptors (Lipinski definition) is 2. The number of benzene rings is 5. The van der Waals surface area contributed by atoms with E-state index in [1.54, 1.807) is 13.0 Å². The highest BCUT2D eigenvalue weighted by molar-refractivity contribution is 6.15. The van der Waals surface area contributed by atoms with E-state index in [1.165, 1.54) is 16.3 Å². The van der Waals surface area contributed by atoms with Crippen LogP contribution in [0.3, 0.4) is 0 Å². The summed E-state index contributed by atoms with van der Waals surface area (Å²) >= 11 is 0. The van der Waals surface area contributed by atoms with E-state index in [0.29, 0.717) is 5.56 Å². The topological polar surface area (TPSA) is 40.5 Å². The van der Waals surface area contributed by atoms with Gasteiger partial charge in [0.15, 0.2) is 0 Å². The van der Waals surface area contributed by atoms with Crippen molar-refractivity contribution in [3.05, 3.63) is 167 Å². The monoisotopic (exact) mass is 668 g/mol. The van der Waals surface area contributed by atoms with Crippen molar-refractivity contribution in [3.63, 3.8) is 0 Å². The van der Waals surface area contributed by atoms with Gasteiger partial charge in [0.2, 0.25) is 0 Å². The largest absolute Gasteiger partial charge is 0.507 e. The van der Waals surface area contributed by atoms with Gasteiger partial charge in [0.1, 0.15) is 11.5 Å². The van der Waals surface area contributed by atoms with E-state index in [1.807, 2.05) is 63.3 Å². The lowest BCUT2D eigenvalue weighted by atomic mass is 9.78. The second kappa shape index (κ2) is 16.3. The highest BCUT2D eigenvalue weighted by Gasteiger charge is 2.28. The minimum Gasteiger partial charge on any atom is -0.507 e. The zero-order valence-corrected chi connectivity index (χ0v) is 30.9. The summed E-state index contributed by atoms with van der Waals surface area (Å²) in [6, 6.07) is 21.6. The normalized spacial score (nSPS) is 12.8. The quantitative estimate of drug-likeness (QED) is 0.128. The Bertz CT molecular complexity index is 2360. The Morgan fingerprint density at radius 3 is 2.18 bits per heavy atom. The number of allylic oxidation sites excluding steroid dienone is 10.